The van der Waals surface area contributed by atoms with Crippen LogP contribution in [0.3, 0.4) is 0 Å². The smallest absolute Gasteiger partial charge is 0.408 e. The minimum atomic E-state index is -0.712. The number of carbonyl (C=O) groups excluding carboxylic acids is 3. The van der Waals surface area contributed by atoms with Gasteiger partial charge in [0.1, 0.15) is 24.4 Å². The number of esters is 1. The van der Waals surface area contributed by atoms with Crippen molar-refractivity contribution in [1.29, 1.82) is 0 Å². The Morgan fingerprint density at radius 2 is 1.62 bits per heavy atom. The molecule has 1 aliphatic heterocycles. The lowest BCUT2D eigenvalue weighted by Crippen LogP contribution is -2.47. The van der Waals surface area contributed by atoms with Gasteiger partial charge in [-0.1, -0.05) is 58.3 Å². The highest BCUT2D eigenvalue weighted by Crippen LogP contribution is 2.13. The fourth-order valence-electron chi connectivity index (χ4n) is 3.50. The zero-order valence-corrected chi connectivity index (χ0v) is 20.5. The van der Waals surface area contributed by atoms with Gasteiger partial charge in [0.25, 0.3) is 0 Å². The minimum absolute atomic E-state index is 0.0823. The Morgan fingerprint density at radius 3 is 2.25 bits per heavy atom. The van der Waals surface area contributed by atoms with E-state index in [-0.39, 0.29) is 19.1 Å². The second kappa shape index (κ2) is 15.9. The van der Waals surface area contributed by atoms with Crippen molar-refractivity contribution >= 4 is 18.0 Å². The van der Waals surface area contributed by atoms with Crippen molar-refractivity contribution in [2.24, 2.45) is 0 Å². The molecule has 0 aliphatic carbocycles. The standard InChI is InChI=1S/C24H44N2O6/c1-5-6-7-8-9-10-11-12-13-16-30-18-21(27)31-19-14-15-20(22(28)25-17-19)26-23(29)32-24(2,3)4/h19-20H,5-18H2,1-4H3,(H,25,28)(H,26,29)/t19-,20+/m1/s1. The molecule has 0 spiro atoms. The van der Waals surface area contributed by atoms with Gasteiger partial charge in [0.2, 0.25) is 5.91 Å². The molecule has 186 valence electrons. The zero-order valence-electron chi connectivity index (χ0n) is 20.5. The molecule has 0 bridgehead atoms. The molecular weight excluding hydrogens is 412 g/mol. The molecule has 1 heterocycles. The van der Waals surface area contributed by atoms with Crippen LogP contribution >= 0.6 is 0 Å². The first kappa shape index (κ1) is 28.2. The zero-order chi connectivity index (χ0) is 23.8. The highest BCUT2D eigenvalue weighted by molar-refractivity contribution is 5.86. The van der Waals surface area contributed by atoms with Crippen molar-refractivity contribution in [2.45, 2.75) is 116 Å². The Bertz CT molecular complexity index is 561. The van der Waals surface area contributed by atoms with Gasteiger partial charge in [-0.3, -0.25) is 4.79 Å². The number of rotatable bonds is 14. The monoisotopic (exact) mass is 456 g/mol. The van der Waals surface area contributed by atoms with E-state index >= 15 is 0 Å². The number of unbranched alkanes of at least 4 members (excludes halogenated alkanes) is 8. The molecule has 0 aromatic carbocycles. The molecule has 1 rings (SSSR count). The van der Waals surface area contributed by atoms with Gasteiger partial charge in [0, 0.05) is 6.61 Å². The molecule has 8 nitrogen and oxygen atoms in total. The van der Waals surface area contributed by atoms with Gasteiger partial charge in [-0.05, 0) is 40.0 Å². The topological polar surface area (TPSA) is 103 Å². The summed E-state index contributed by atoms with van der Waals surface area (Å²) in [6, 6.07) is -0.712. The third-order valence-corrected chi connectivity index (χ3v) is 5.20. The predicted molar refractivity (Wildman–Crippen MR) is 123 cm³/mol. The Hall–Kier alpha value is -1.83. The van der Waals surface area contributed by atoms with Crippen molar-refractivity contribution in [1.82, 2.24) is 10.6 Å². The Morgan fingerprint density at radius 1 is 1.00 bits per heavy atom. The molecule has 2 N–H and O–H groups in total. The predicted octanol–water partition coefficient (Wildman–Crippen LogP) is 4.25. The van der Waals surface area contributed by atoms with E-state index in [1.807, 2.05) is 0 Å². The van der Waals surface area contributed by atoms with Crippen LogP contribution < -0.4 is 10.6 Å². The van der Waals surface area contributed by atoms with E-state index in [0.717, 1.165) is 12.8 Å². The second-order valence-electron chi connectivity index (χ2n) is 9.51. The molecular formula is C24H44N2O6. The number of carbonyl (C=O) groups is 3. The van der Waals surface area contributed by atoms with Crippen LogP contribution in [0, 0.1) is 0 Å². The van der Waals surface area contributed by atoms with E-state index in [4.69, 9.17) is 14.2 Å². The summed E-state index contributed by atoms with van der Waals surface area (Å²) in [6.07, 6.45) is 10.9. The second-order valence-corrected chi connectivity index (χ2v) is 9.51. The first-order valence-electron chi connectivity index (χ1n) is 12.3. The van der Waals surface area contributed by atoms with E-state index in [0.29, 0.717) is 19.4 Å². The summed E-state index contributed by atoms with van der Waals surface area (Å²) in [7, 11) is 0. The fourth-order valence-corrected chi connectivity index (χ4v) is 3.50. The molecule has 1 fully saturated rings. The summed E-state index contributed by atoms with van der Waals surface area (Å²) in [4.78, 5) is 36.1. The summed E-state index contributed by atoms with van der Waals surface area (Å²) < 4.78 is 16.1. The molecule has 32 heavy (non-hydrogen) atoms. The van der Waals surface area contributed by atoms with Crippen LogP contribution in [0.5, 0.6) is 0 Å². The summed E-state index contributed by atoms with van der Waals surface area (Å²) in [6.45, 7) is 8.18. The van der Waals surface area contributed by atoms with Crippen molar-refractivity contribution < 1.29 is 28.6 Å². The van der Waals surface area contributed by atoms with Crippen LogP contribution in [0.25, 0.3) is 0 Å². The maximum absolute atomic E-state index is 12.2. The number of alkyl carbamates (subject to hydrolysis) is 1. The molecule has 0 saturated carbocycles. The van der Waals surface area contributed by atoms with E-state index in [2.05, 4.69) is 17.6 Å². The molecule has 2 atom stereocenters. The number of amides is 2. The van der Waals surface area contributed by atoms with Gasteiger partial charge in [-0.25, -0.2) is 9.59 Å². The van der Waals surface area contributed by atoms with Crippen molar-refractivity contribution in [3.8, 4) is 0 Å². The highest BCUT2D eigenvalue weighted by Gasteiger charge is 2.29. The molecule has 0 aromatic rings. The SMILES string of the molecule is CCCCCCCCCCCOCC(=O)O[C@@H]1CC[C@H](NC(=O)OC(C)(C)C)C(=O)NC1. The van der Waals surface area contributed by atoms with Gasteiger partial charge in [0.05, 0.1) is 6.54 Å². The van der Waals surface area contributed by atoms with E-state index in [9.17, 15) is 14.4 Å². The van der Waals surface area contributed by atoms with Crippen LogP contribution in [0.15, 0.2) is 0 Å². The third kappa shape index (κ3) is 14.3. The van der Waals surface area contributed by atoms with Crippen LogP contribution in [0.2, 0.25) is 0 Å². The van der Waals surface area contributed by atoms with E-state index in [1.165, 1.54) is 44.9 Å². The van der Waals surface area contributed by atoms with Crippen LogP contribution in [-0.4, -0.2) is 55.5 Å². The average molecular weight is 457 g/mol. The van der Waals surface area contributed by atoms with Crippen LogP contribution in [-0.2, 0) is 23.8 Å². The Balaban J connectivity index is 2.13. The quantitative estimate of drug-likeness (QED) is 0.299. The number of ether oxygens (including phenoxy) is 3. The number of nitrogens with one attached hydrogen (secondary N) is 2. The summed E-state index contributed by atoms with van der Waals surface area (Å²) >= 11 is 0. The lowest BCUT2D eigenvalue weighted by molar-refractivity contribution is -0.154. The Labute approximate surface area is 193 Å². The fraction of sp³-hybridized carbons (Fsp3) is 0.875. The highest BCUT2D eigenvalue weighted by atomic mass is 16.6. The van der Waals surface area contributed by atoms with E-state index in [1.54, 1.807) is 20.8 Å². The minimum Gasteiger partial charge on any atom is -0.459 e. The Kier molecular flexibility index (Phi) is 14.0. The summed E-state index contributed by atoms with van der Waals surface area (Å²) in [5.74, 6) is -0.741. The van der Waals surface area contributed by atoms with Crippen molar-refractivity contribution in [3.05, 3.63) is 0 Å². The summed E-state index contributed by atoms with van der Waals surface area (Å²) in [5.41, 5.74) is -0.641. The average Bonchev–Trinajstić information content (AvgIpc) is 2.87. The summed E-state index contributed by atoms with van der Waals surface area (Å²) in [5, 5.41) is 5.28. The van der Waals surface area contributed by atoms with Crippen molar-refractivity contribution in [2.75, 3.05) is 19.8 Å². The number of hydrogen-bond donors (Lipinski definition) is 2. The molecule has 8 heteroatoms. The van der Waals surface area contributed by atoms with E-state index < -0.39 is 29.8 Å². The first-order valence-corrected chi connectivity index (χ1v) is 12.3. The molecule has 0 aromatic heterocycles. The molecule has 0 unspecified atom stereocenters. The first-order chi connectivity index (χ1) is 15.2. The number of hydrogen-bond acceptors (Lipinski definition) is 6. The normalized spacial score (nSPS) is 19.1. The van der Waals surface area contributed by atoms with Gasteiger partial charge in [-0.2, -0.15) is 0 Å². The third-order valence-electron chi connectivity index (χ3n) is 5.20. The largest absolute Gasteiger partial charge is 0.459 e. The van der Waals surface area contributed by atoms with Crippen LogP contribution in [0.4, 0.5) is 4.79 Å². The molecule has 1 saturated heterocycles. The van der Waals surface area contributed by atoms with Crippen molar-refractivity contribution in [3.63, 3.8) is 0 Å². The van der Waals surface area contributed by atoms with Crippen LogP contribution in [0.1, 0.15) is 98.3 Å². The molecule has 2 amide bonds. The lowest BCUT2D eigenvalue weighted by Gasteiger charge is -2.22. The molecule has 0 radical (unpaired) electrons. The van der Waals surface area contributed by atoms with Gasteiger partial charge in [-0.15, -0.1) is 0 Å². The van der Waals surface area contributed by atoms with Gasteiger partial charge < -0.3 is 24.8 Å². The maximum atomic E-state index is 12.2. The lowest BCUT2D eigenvalue weighted by atomic mass is 10.1. The van der Waals surface area contributed by atoms with Gasteiger partial charge >= 0.3 is 12.1 Å². The molecule has 1 aliphatic rings. The van der Waals surface area contributed by atoms with Gasteiger partial charge in [0.15, 0.2) is 0 Å². The maximum Gasteiger partial charge on any atom is 0.408 e.